The van der Waals surface area contributed by atoms with Gasteiger partial charge in [0.2, 0.25) is 5.91 Å². The van der Waals surface area contributed by atoms with Gasteiger partial charge in [-0.2, -0.15) is 0 Å². The van der Waals surface area contributed by atoms with Crippen LogP contribution in [0, 0.1) is 0 Å². The zero-order chi connectivity index (χ0) is 11.1. The molecule has 0 aromatic carbocycles. The molecule has 1 aliphatic carbocycles. The van der Waals surface area contributed by atoms with E-state index in [9.17, 15) is 4.79 Å². The van der Waals surface area contributed by atoms with Crippen LogP contribution in [0.5, 0.6) is 0 Å². The zero-order valence-corrected chi connectivity index (χ0v) is 11.1. The van der Waals surface area contributed by atoms with Gasteiger partial charge in [-0.05, 0) is 26.7 Å². The number of alkyl halides is 1. The number of carbonyl (C=O) groups is 1. The summed E-state index contributed by atoms with van der Waals surface area (Å²) in [6, 6.07) is 0. The molecule has 1 aromatic heterocycles. The number of carbonyl (C=O) groups excluding carboxylic acids is 1. The Morgan fingerprint density at radius 3 is 2.87 bits per heavy atom. The van der Waals surface area contributed by atoms with Crippen molar-refractivity contribution in [2.45, 2.75) is 36.9 Å². The molecule has 0 bridgehead atoms. The molecule has 1 saturated carbocycles. The van der Waals surface area contributed by atoms with Crippen molar-refractivity contribution >= 4 is 38.3 Å². The number of halogens is 1. The van der Waals surface area contributed by atoms with Crippen LogP contribution < -0.4 is 5.32 Å². The molecule has 1 aromatic rings. The largest absolute Gasteiger partial charge is 0.301 e. The third kappa shape index (κ3) is 2.78. The number of nitrogens with zero attached hydrogens (tertiary/aromatic N) is 1. The van der Waals surface area contributed by atoms with Crippen LogP contribution in [0.1, 0.15) is 38.3 Å². The van der Waals surface area contributed by atoms with Crippen molar-refractivity contribution < 1.29 is 4.79 Å². The lowest BCUT2D eigenvalue weighted by molar-refractivity contribution is -0.117. The van der Waals surface area contributed by atoms with Crippen molar-refractivity contribution in [3.05, 3.63) is 11.1 Å². The first-order valence-electron chi connectivity index (χ1n) is 4.92. The molecule has 15 heavy (non-hydrogen) atoms. The molecule has 0 radical (unpaired) electrons. The second kappa shape index (κ2) is 3.87. The van der Waals surface area contributed by atoms with Crippen LogP contribution in [-0.2, 0) is 4.79 Å². The lowest BCUT2D eigenvalue weighted by Gasteiger charge is -2.13. The summed E-state index contributed by atoms with van der Waals surface area (Å²) in [5.41, 5.74) is 1.13. The van der Waals surface area contributed by atoms with E-state index in [0.29, 0.717) is 11.0 Å². The Kier molecular flexibility index (Phi) is 2.85. The van der Waals surface area contributed by atoms with E-state index in [1.165, 1.54) is 24.2 Å². The van der Waals surface area contributed by atoms with Crippen molar-refractivity contribution in [3.63, 3.8) is 0 Å². The third-order valence-electron chi connectivity index (χ3n) is 2.28. The summed E-state index contributed by atoms with van der Waals surface area (Å²) in [7, 11) is 0. The molecule has 0 saturated heterocycles. The number of anilines is 1. The number of nitrogens with one attached hydrogen (secondary N) is 1. The predicted octanol–water partition coefficient (Wildman–Crippen LogP) is 3.13. The molecule has 0 spiro atoms. The van der Waals surface area contributed by atoms with Crippen molar-refractivity contribution in [1.29, 1.82) is 0 Å². The Balaban J connectivity index is 2.01. The van der Waals surface area contributed by atoms with E-state index in [-0.39, 0.29) is 5.91 Å². The van der Waals surface area contributed by atoms with Crippen LogP contribution in [0.25, 0.3) is 0 Å². The van der Waals surface area contributed by atoms with Crippen LogP contribution in [0.3, 0.4) is 0 Å². The summed E-state index contributed by atoms with van der Waals surface area (Å²) in [5, 5.41) is 5.55. The molecule has 0 unspecified atom stereocenters. The summed E-state index contributed by atoms with van der Waals surface area (Å²) in [6.07, 6.45) is 2.47. The molecule has 1 N–H and O–H groups in total. The Morgan fingerprint density at radius 2 is 2.33 bits per heavy atom. The maximum atomic E-state index is 11.6. The van der Waals surface area contributed by atoms with Gasteiger partial charge < -0.3 is 5.32 Å². The van der Waals surface area contributed by atoms with Crippen LogP contribution in [0.2, 0.25) is 0 Å². The van der Waals surface area contributed by atoms with Crippen molar-refractivity contribution in [2.24, 2.45) is 0 Å². The van der Waals surface area contributed by atoms with Crippen LogP contribution in [0.15, 0.2) is 5.38 Å². The Labute approximate surface area is 101 Å². The molecular weight excluding hydrogens is 276 g/mol. The summed E-state index contributed by atoms with van der Waals surface area (Å²) in [4.78, 5) is 16.0. The van der Waals surface area contributed by atoms with Crippen LogP contribution >= 0.6 is 27.3 Å². The molecule has 0 aliphatic heterocycles. The first-order valence-corrected chi connectivity index (χ1v) is 6.60. The molecule has 1 aliphatic rings. The number of rotatable bonds is 3. The second-order valence-electron chi connectivity index (χ2n) is 4.28. The van der Waals surface area contributed by atoms with E-state index in [4.69, 9.17) is 0 Å². The fourth-order valence-electron chi connectivity index (χ4n) is 1.16. The van der Waals surface area contributed by atoms with E-state index in [0.717, 1.165) is 5.69 Å². The number of thiazole rings is 1. The van der Waals surface area contributed by atoms with Gasteiger partial charge in [0.05, 0.1) is 10.0 Å². The predicted molar refractivity (Wildman–Crippen MR) is 65.7 cm³/mol. The standard InChI is InChI=1S/C10H13BrN2OS/c1-10(2,11)8(14)13-9-12-7(5-15-9)6-3-4-6/h5-6H,3-4H2,1-2H3,(H,12,13,14). The number of amides is 1. The smallest absolute Gasteiger partial charge is 0.242 e. The first kappa shape index (κ1) is 11.1. The average Bonchev–Trinajstić information content (AvgIpc) is 2.87. The number of hydrogen-bond acceptors (Lipinski definition) is 3. The molecule has 82 valence electrons. The van der Waals surface area contributed by atoms with Crippen molar-refractivity contribution in [2.75, 3.05) is 5.32 Å². The zero-order valence-electron chi connectivity index (χ0n) is 8.71. The highest BCUT2D eigenvalue weighted by Crippen LogP contribution is 2.40. The Hall–Kier alpha value is -0.420. The highest BCUT2D eigenvalue weighted by atomic mass is 79.9. The van der Waals surface area contributed by atoms with Gasteiger partial charge in [-0.15, -0.1) is 11.3 Å². The molecule has 0 atom stereocenters. The summed E-state index contributed by atoms with van der Waals surface area (Å²) < 4.78 is -0.543. The minimum atomic E-state index is -0.543. The maximum Gasteiger partial charge on any atom is 0.242 e. The lowest BCUT2D eigenvalue weighted by Crippen LogP contribution is -2.30. The van der Waals surface area contributed by atoms with E-state index in [1.54, 1.807) is 0 Å². The molecule has 1 heterocycles. The number of hydrogen-bond donors (Lipinski definition) is 1. The number of aromatic nitrogens is 1. The maximum absolute atomic E-state index is 11.6. The highest BCUT2D eigenvalue weighted by Gasteiger charge is 2.28. The third-order valence-corrected chi connectivity index (χ3v) is 3.41. The van der Waals surface area contributed by atoms with E-state index in [1.807, 2.05) is 19.2 Å². The van der Waals surface area contributed by atoms with Gasteiger partial charge in [0, 0.05) is 11.3 Å². The molecular formula is C10H13BrN2OS. The Bertz CT molecular complexity index is 379. The summed E-state index contributed by atoms with van der Waals surface area (Å²) >= 11 is 4.81. The van der Waals surface area contributed by atoms with Gasteiger partial charge in [-0.1, -0.05) is 15.9 Å². The minimum Gasteiger partial charge on any atom is -0.301 e. The topological polar surface area (TPSA) is 42.0 Å². The molecule has 3 nitrogen and oxygen atoms in total. The van der Waals surface area contributed by atoms with Crippen molar-refractivity contribution in [3.8, 4) is 0 Å². The SMILES string of the molecule is CC(C)(Br)C(=O)Nc1nc(C2CC2)cs1. The second-order valence-corrected chi connectivity index (χ2v) is 7.12. The van der Waals surface area contributed by atoms with Crippen LogP contribution in [0.4, 0.5) is 5.13 Å². The minimum absolute atomic E-state index is 0.0563. The van der Waals surface area contributed by atoms with E-state index in [2.05, 4.69) is 26.2 Å². The Morgan fingerprint density at radius 1 is 1.67 bits per heavy atom. The molecule has 1 fully saturated rings. The quantitative estimate of drug-likeness (QED) is 0.869. The molecule has 1 amide bonds. The van der Waals surface area contributed by atoms with Gasteiger partial charge in [-0.3, -0.25) is 4.79 Å². The highest BCUT2D eigenvalue weighted by molar-refractivity contribution is 9.10. The van der Waals surface area contributed by atoms with Gasteiger partial charge >= 0.3 is 0 Å². The first-order chi connectivity index (χ1) is 6.97. The normalized spacial score (nSPS) is 16.5. The van der Waals surface area contributed by atoms with Gasteiger partial charge in [0.15, 0.2) is 5.13 Å². The monoisotopic (exact) mass is 288 g/mol. The van der Waals surface area contributed by atoms with Gasteiger partial charge in [0.1, 0.15) is 0 Å². The van der Waals surface area contributed by atoms with Crippen molar-refractivity contribution in [1.82, 2.24) is 4.98 Å². The lowest BCUT2D eigenvalue weighted by atomic mass is 10.2. The van der Waals surface area contributed by atoms with E-state index >= 15 is 0 Å². The summed E-state index contributed by atoms with van der Waals surface area (Å²) in [6.45, 7) is 3.63. The average molecular weight is 289 g/mol. The van der Waals surface area contributed by atoms with Gasteiger partial charge in [-0.25, -0.2) is 4.98 Å². The molecule has 5 heteroatoms. The van der Waals surface area contributed by atoms with E-state index < -0.39 is 4.32 Å². The molecule has 2 rings (SSSR count). The van der Waals surface area contributed by atoms with Crippen LogP contribution in [-0.4, -0.2) is 15.2 Å². The summed E-state index contributed by atoms with van der Waals surface area (Å²) in [5.74, 6) is 0.586. The fraction of sp³-hybridized carbons (Fsp3) is 0.600. The fourth-order valence-corrected chi connectivity index (χ4v) is 2.04. The van der Waals surface area contributed by atoms with Gasteiger partial charge in [0.25, 0.3) is 0 Å².